The van der Waals surface area contributed by atoms with Crippen LogP contribution in [-0.2, 0) is 0 Å². The highest BCUT2D eigenvalue weighted by Crippen LogP contribution is 2.26. The van der Waals surface area contributed by atoms with Crippen LogP contribution in [0, 0.1) is 0 Å². The standard InChI is InChI=1S/C21H16NS2/c1-4-10-17(11-5-1)20-16-21(24-23-20)22(18-12-6-2-7-13-18)19-14-8-3-9-15-19/h1-16H/q+1. The molecule has 1 nitrogen and oxygen atoms in total. The van der Waals surface area contributed by atoms with Crippen LogP contribution in [0.2, 0.25) is 0 Å². The molecule has 3 aromatic carbocycles. The van der Waals surface area contributed by atoms with Crippen LogP contribution in [0.4, 0.5) is 11.4 Å². The van der Waals surface area contributed by atoms with Gasteiger partial charge in [0.05, 0.1) is 4.88 Å². The van der Waals surface area contributed by atoms with Crippen LogP contribution < -0.4 is 9.25 Å². The van der Waals surface area contributed by atoms with Crippen molar-refractivity contribution in [3.05, 3.63) is 102 Å². The van der Waals surface area contributed by atoms with E-state index in [0.717, 1.165) is 0 Å². The van der Waals surface area contributed by atoms with Gasteiger partial charge in [0, 0.05) is 30.3 Å². The van der Waals surface area contributed by atoms with E-state index < -0.39 is 0 Å². The minimum absolute atomic E-state index is 1.18. The van der Waals surface area contributed by atoms with E-state index in [0.29, 0.717) is 0 Å². The Labute approximate surface area is 148 Å². The zero-order valence-electron chi connectivity index (χ0n) is 13.0. The Morgan fingerprint density at radius 1 is 0.542 bits per heavy atom. The van der Waals surface area contributed by atoms with Gasteiger partial charge in [-0.15, -0.1) is 4.58 Å². The molecule has 0 spiro atoms. The third kappa shape index (κ3) is 3.09. The summed E-state index contributed by atoms with van der Waals surface area (Å²) in [6.07, 6.45) is 0. The van der Waals surface area contributed by atoms with Crippen LogP contribution in [0.15, 0.2) is 97.1 Å². The second-order valence-electron chi connectivity index (χ2n) is 5.39. The molecule has 0 saturated heterocycles. The van der Waals surface area contributed by atoms with Crippen molar-refractivity contribution in [1.29, 1.82) is 0 Å². The van der Waals surface area contributed by atoms with Crippen molar-refractivity contribution in [2.45, 2.75) is 0 Å². The molecule has 4 aromatic rings. The Kier molecular flexibility index (Phi) is 4.36. The number of hydrogen-bond acceptors (Lipinski definition) is 2. The van der Waals surface area contributed by atoms with Gasteiger partial charge in [0.25, 0.3) is 4.67 Å². The molecule has 0 saturated carbocycles. The summed E-state index contributed by atoms with van der Waals surface area (Å²) in [6.45, 7) is 0. The first-order valence-corrected chi connectivity index (χ1v) is 9.95. The second-order valence-corrected chi connectivity index (χ2v) is 7.58. The van der Waals surface area contributed by atoms with Crippen LogP contribution >= 0.6 is 20.7 Å². The minimum atomic E-state index is 1.18. The molecule has 24 heavy (non-hydrogen) atoms. The first-order valence-electron chi connectivity index (χ1n) is 7.81. The molecule has 0 aliphatic rings. The van der Waals surface area contributed by atoms with Crippen LogP contribution in [0.25, 0.3) is 10.4 Å². The van der Waals surface area contributed by atoms with Crippen LogP contribution in [0.3, 0.4) is 0 Å². The number of hydrogen-bond donors (Lipinski definition) is 0. The van der Waals surface area contributed by atoms with Gasteiger partial charge < -0.3 is 0 Å². The molecule has 0 N–H and O–H groups in total. The molecule has 0 aliphatic heterocycles. The molecule has 0 unspecified atom stereocenters. The summed E-state index contributed by atoms with van der Waals surface area (Å²) < 4.78 is 3.55. The maximum atomic E-state index is 2.31. The highest BCUT2D eigenvalue weighted by molar-refractivity contribution is 7.69. The van der Waals surface area contributed by atoms with Gasteiger partial charge in [0.15, 0.2) is 0 Å². The first kappa shape index (κ1) is 15.1. The quantitative estimate of drug-likeness (QED) is 0.320. The van der Waals surface area contributed by atoms with Crippen molar-refractivity contribution < 1.29 is 0 Å². The van der Waals surface area contributed by atoms with Gasteiger partial charge in [0.2, 0.25) is 11.4 Å². The van der Waals surface area contributed by atoms with Gasteiger partial charge in [-0.3, -0.25) is 0 Å². The fourth-order valence-corrected chi connectivity index (χ4v) is 5.06. The fourth-order valence-electron chi connectivity index (χ4n) is 2.64. The highest BCUT2D eigenvalue weighted by atomic mass is 32.9. The summed E-state index contributed by atoms with van der Waals surface area (Å²) in [5.41, 5.74) is 3.63. The average molecular weight is 347 g/mol. The minimum Gasteiger partial charge on any atom is -0.144 e. The van der Waals surface area contributed by atoms with E-state index in [1.807, 2.05) is 20.7 Å². The van der Waals surface area contributed by atoms with Gasteiger partial charge >= 0.3 is 0 Å². The smallest absolute Gasteiger partial charge is 0.144 e. The van der Waals surface area contributed by atoms with Crippen molar-refractivity contribution >= 4 is 32.1 Å². The van der Waals surface area contributed by atoms with Crippen molar-refractivity contribution in [3.63, 3.8) is 0 Å². The van der Waals surface area contributed by atoms with Crippen molar-refractivity contribution in [1.82, 2.24) is 4.58 Å². The monoisotopic (exact) mass is 346 g/mol. The van der Waals surface area contributed by atoms with Crippen molar-refractivity contribution in [3.8, 4) is 10.4 Å². The number of para-hydroxylation sites is 2. The Bertz CT molecular complexity index is 942. The lowest BCUT2D eigenvalue weighted by atomic mass is 10.2. The van der Waals surface area contributed by atoms with E-state index in [1.54, 1.807) is 0 Å². The van der Waals surface area contributed by atoms with Crippen LogP contribution in [-0.4, -0.2) is 0 Å². The number of rotatable bonds is 3. The van der Waals surface area contributed by atoms with E-state index in [4.69, 9.17) is 0 Å². The molecule has 1 heterocycles. The third-order valence-corrected chi connectivity index (χ3v) is 6.17. The zero-order valence-corrected chi connectivity index (χ0v) is 14.6. The fraction of sp³-hybridized carbons (Fsp3) is 0. The molecular formula is C21H16NS2+. The molecule has 116 valence electrons. The summed E-state index contributed by atoms with van der Waals surface area (Å²) >= 11 is 0. The van der Waals surface area contributed by atoms with Crippen LogP contribution in [0.1, 0.15) is 0 Å². The van der Waals surface area contributed by atoms with Crippen molar-refractivity contribution in [2.24, 2.45) is 0 Å². The molecule has 0 bridgehead atoms. The molecule has 0 radical (unpaired) electrons. The normalized spacial score (nSPS) is 10.5. The van der Waals surface area contributed by atoms with Gasteiger partial charge in [-0.2, -0.15) is 0 Å². The lowest BCUT2D eigenvalue weighted by Gasteiger charge is -2.00. The summed E-state index contributed by atoms with van der Waals surface area (Å²) in [6, 6.07) is 33.9. The van der Waals surface area contributed by atoms with E-state index in [2.05, 4.69) is 102 Å². The second kappa shape index (κ2) is 6.95. The Morgan fingerprint density at radius 2 is 1.04 bits per heavy atom. The van der Waals surface area contributed by atoms with E-state index >= 15 is 0 Å². The third-order valence-electron chi connectivity index (χ3n) is 3.78. The summed E-state index contributed by atoms with van der Waals surface area (Å²) in [4.78, 5) is 1.30. The molecule has 0 atom stereocenters. The predicted octanol–water partition coefficient (Wildman–Crippen LogP) is 5.91. The molecule has 4 rings (SSSR count). The maximum absolute atomic E-state index is 2.31. The predicted molar refractivity (Wildman–Crippen MR) is 105 cm³/mol. The summed E-state index contributed by atoms with van der Waals surface area (Å²) in [5, 5.41) is 0. The topological polar surface area (TPSA) is 3.01 Å². The van der Waals surface area contributed by atoms with E-state index in [9.17, 15) is 0 Å². The van der Waals surface area contributed by atoms with Gasteiger partial charge in [0.1, 0.15) is 0 Å². The van der Waals surface area contributed by atoms with Gasteiger partial charge in [-0.1, -0.05) is 77.1 Å². The molecule has 0 fully saturated rings. The van der Waals surface area contributed by atoms with Crippen LogP contribution in [0.5, 0.6) is 0 Å². The van der Waals surface area contributed by atoms with Crippen molar-refractivity contribution in [2.75, 3.05) is 0 Å². The van der Waals surface area contributed by atoms with Gasteiger partial charge in [-0.25, -0.2) is 0 Å². The van der Waals surface area contributed by atoms with E-state index in [-0.39, 0.29) is 0 Å². The molecular weight excluding hydrogens is 330 g/mol. The zero-order chi connectivity index (χ0) is 16.2. The average Bonchev–Trinajstić information content (AvgIpc) is 3.14. The highest BCUT2D eigenvalue weighted by Gasteiger charge is 2.16. The molecule has 1 aromatic heterocycles. The SMILES string of the molecule is c1ccc(-c2cc(=[N+](c3ccccc3)c3ccccc3)ss2)cc1. The number of benzene rings is 3. The first-order chi connectivity index (χ1) is 11.9. The molecule has 0 amide bonds. The Balaban J connectivity index is 1.94. The Morgan fingerprint density at radius 3 is 1.58 bits per heavy atom. The summed E-state index contributed by atoms with van der Waals surface area (Å²) in [7, 11) is 3.63. The Hall–Kier alpha value is -2.49. The largest absolute Gasteiger partial charge is 0.279 e. The summed E-state index contributed by atoms with van der Waals surface area (Å²) in [5.74, 6) is 0. The van der Waals surface area contributed by atoms with Gasteiger partial charge in [-0.05, 0) is 15.9 Å². The number of nitrogens with zero attached hydrogens (tertiary/aromatic N) is 1. The molecule has 0 aliphatic carbocycles. The lowest BCUT2D eigenvalue weighted by Crippen LogP contribution is -2.16. The maximum Gasteiger partial charge on any atom is 0.279 e. The molecule has 3 heteroatoms. The van der Waals surface area contributed by atoms with E-state index in [1.165, 1.54) is 26.5 Å². The lowest BCUT2D eigenvalue weighted by molar-refractivity contribution is 1.00.